The van der Waals surface area contributed by atoms with E-state index in [-0.39, 0.29) is 18.1 Å². The molecule has 2 aliphatic heterocycles. The van der Waals surface area contributed by atoms with E-state index in [4.69, 9.17) is 14.2 Å². The molecule has 8 nitrogen and oxygen atoms in total. The number of benzene rings is 1. The van der Waals surface area contributed by atoms with Gasteiger partial charge < -0.3 is 24.8 Å². The van der Waals surface area contributed by atoms with Gasteiger partial charge in [0.25, 0.3) is 0 Å². The van der Waals surface area contributed by atoms with E-state index in [0.717, 1.165) is 29.9 Å². The Morgan fingerprint density at radius 1 is 1.19 bits per heavy atom. The summed E-state index contributed by atoms with van der Waals surface area (Å²) in [5.74, 6) is 1.14. The van der Waals surface area contributed by atoms with Gasteiger partial charge in [-0.1, -0.05) is 6.07 Å². The number of ether oxygens (including phenoxy) is 3. The van der Waals surface area contributed by atoms with Gasteiger partial charge in [-0.15, -0.1) is 0 Å². The van der Waals surface area contributed by atoms with E-state index in [1.807, 2.05) is 12.1 Å². The van der Waals surface area contributed by atoms with Gasteiger partial charge in [-0.05, 0) is 37.5 Å². The van der Waals surface area contributed by atoms with Gasteiger partial charge in [0.15, 0.2) is 11.5 Å². The minimum Gasteiger partial charge on any atom is -0.454 e. The molecule has 3 amide bonds. The zero-order chi connectivity index (χ0) is 18.6. The van der Waals surface area contributed by atoms with Crippen LogP contribution in [0.25, 0.3) is 0 Å². The number of urea groups is 1. The Morgan fingerprint density at radius 2 is 1.92 bits per heavy atom. The second-order valence-electron chi connectivity index (χ2n) is 6.63. The summed E-state index contributed by atoms with van der Waals surface area (Å²) in [6, 6.07) is 4.98. The fourth-order valence-corrected chi connectivity index (χ4v) is 3.28. The largest absolute Gasteiger partial charge is 0.454 e. The molecule has 1 aromatic rings. The molecule has 0 radical (unpaired) electrons. The molecule has 0 unspecified atom stereocenters. The number of hydrogen-bond acceptors (Lipinski definition) is 6. The van der Waals surface area contributed by atoms with E-state index in [9.17, 15) is 9.59 Å². The normalized spacial score (nSPS) is 18.8. The Hall–Kier alpha value is -2.32. The molecule has 2 heterocycles. The highest BCUT2D eigenvalue weighted by Crippen LogP contribution is 2.40. The standard InChI is InChI=1S/C18H25N3O5/c1-12(16(22)21-17(23)19-2)20-10-18(5-7-24-8-6-18)13-3-4-14-15(9-13)26-11-25-14/h3-4,9,12,20H,5-8,10-11H2,1-2H3,(H2,19,21,22,23)/t12-/m1/s1. The third kappa shape index (κ3) is 3.91. The van der Waals surface area contributed by atoms with Crippen LogP contribution in [0.5, 0.6) is 11.5 Å². The van der Waals surface area contributed by atoms with Crippen molar-refractivity contribution in [3.63, 3.8) is 0 Å². The molecule has 0 aliphatic carbocycles. The first-order valence-corrected chi connectivity index (χ1v) is 8.78. The van der Waals surface area contributed by atoms with Gasteiger partial charge in [-0.2, -0.15) is 0 Å². The molecule has 1 fully saturated rings. The maximum atomic E-state index is 12.1. The highest BCUT2D eigenvalue weighted by atomic mass is 16.7. The summed E-state index contributed by atoms with van der Waals surface area (Å²) in [5.41, 5.74) is 0.970. The fourth-order valence-electron chi connectivity index (χ4n) is 3.28. The van der Waals surface area contributed by atoms with E-state index >= 15 is 0 Å². The molecular formula is C18H25N3O5. The number of hydrogen-bond donors (Lipinski definition) is 3. The molecule has 2 aliphatic rings. The van der Waals surface area contributed by atoms with Crippen molar-refractivity contribution in [2.24, 2.45) is 0 Å². The maximum Gasteiger partial charge on any atom is 0.321 e. The van der Waals surface area contributed by atoms with Crippen LogP contribution in [-0.2, 0) is 14.9 Å². The number of imide groups is 1. The van der Waals surface area contributed by atoms with Gasteiger partial charge in [0.2, 0.25) is 12.7 Å². The van der Waals surface area contributed by atoms with Gasteiger partial charge in [0.05, 0.1) is 6.04 Å². The quantitative estimate of drug-likeness (QED) is 0.719. The zero-order valence-electron chi connectivity index (χ0n) is 15.1. The first-order valence-electron chi connectivity index (χ1n) is 8.78. The van der Waals surface area contributed by atoms with E-state index in [2.05, 4.69) is 22.0 Å². The number of amides is 3. The van der Waals surface area contributed by atoms with Crippen LogP contribution in [0.4, 0.5) is 4.79 Å². The van der Waals surface area contributed by atoms with Crippen LogP contribution in [0.3, 0.4) is 0 Å². The van der Waals surface area contributed by atoms with Crippen LogP contribution in [0, 0.1) is 0 Å². The third-order valence-corrected chi connectivity index (χ3v) is 5.04. The molecule has 1 aromatic carbocycles. The van der Waals surface area contributed by atoms with Crippen LogP contribution in [0.2, 0.25) is 0 Å². The molecule has 3 N–H and O–H groups in total. The Bertz CT molecular complexity index is 673. The lowest BCUT2D eigenvalue weighted by atomic mass is 9.74. The Balaban J connectivity index is 1.72. The van der Waals surface area contributed by atoms with Crippen molar-refractivity contribution in [2.75, 3.05) is 33.6 Å². The average molecular weight is 363 g/mol. The molecule has 8 heteroatoms. The van der Waals surface area contributed by atoms with E-state index in [0.29, 0.717) is 19.8 Å². The maximum absolute atomic E-state index is 12.1. The smallest absolute Gasteiger partial charge is 0.321 e. The number of rotatable bonds is 5. The molecule has 3 rings (SSSR count). The van der Waals surface area contributed by atoms with Gasteiger partial charge >= 0.3 is 6.03 Å². The minimum atomic E-state index is -0.514. The lowest BCUT2D eigenvalue weighted by Crippen LogP contribution is -2.51. The molecular weight excluding hydrogens is 338 g/mol. The molecule has 142 valence electrons. The zero-order valence-corrected chi connectivity index (χ0v) is 15.1. The monoisotopic (exact) mass is 363 g/mol. The first-order chi connectivity index (χ1) is 12.5. The van der Waals surface area contributed by atoms with Crippen molar-refractivity contribution in [1.29, 1.82) is 0 Å². The summed E-state index contributed by atoms with van der Waals surface area (Å²) < 4.78 is 16.5. The molecule has 0 bridgehead atoms. The lowest BCUT2D eigenvalue weighted by molar-refractivity contribution is -0.121. The van der Waals surface area contributed by atoms with E-state index in [1.54, 1.807) is 6.92 Å². The van der Waals surface area contributed by atoms with Crippen LogP contribution in [0.15, 0.2) is 18.2 Å². The number of nitrogens with one attached hydrogen (secondary N) is 3. The van der Waals surface area contributed by atoms with Gasteiger partial charge in [-0.3, -0.25) is 10.1 Å². The van der Waals surface area contributed by atoms with Crippen LogP contribution >= 0.6 is 0 Å². The molecule has 26 heavy (non-hydrogen) atoms. The highest BCUT2D eigenvalue weighted by Gasteiger charge is 2.36. The fraction of sp³-hybridized carbons (Fsp3) is 0.556. The summed E-state index contributed by atoms with van der Waals surface area (Å²) in [4.78, 5) is 23.4. The highest BCUT2D eigenvalue weighted by molar-refractivity contribution is 5.96. The molecule has 0 saturated carbocycles. The van der Waals surface area contributed by atoms with Crippen LogP contribution < -0.4 is 25.4 Å². The molecule has 1 atom stereocenters. The summed E-state index contributed by atoms with van der Waals surface area (Å²) in [6.07, 6.45) is 1.67. The third-order valence-electron chi connectivity index (χ3n) is 5.04. The minimum absolute atomic E-state index is 0.166. The van der Waals surface area contributed by atoms with E-state index < -0.39 is 12.1 Å². The van der Waals surface area contributed by atoms with Crippen molar-refractivity contribution < 1.29 is 23.8 Å². The van der Waals surface area contributed by atoms with Crippen molar-refractivity contribution in [2.45, 2.75) is 31.2 Å². The summed E-state index contributed by atoms with van der Waals surface area (Å²) >= 11 is 0. The van der Waals surface area contributed by atoms with Crippen molar-refractivity contribution >= 4 is 11.9 Å². The first kappa shape index (κ1) is 18.5. The van der Waals surface area contributed by atoms with Crippen molar-refractivity contribution in [3.05, 3.63) is 23.8 Å². The van der Waals surface area contributed by atoms with Gasteiger partial charge in [0, 0.05) is 32.2 Å². The Kier molecular flexibility index (Phi) is 5.63. The van der Waals surface area contributed by atoms with Crippen molar-refractivity contribution in [1.82, 2.24) is 16.0 Å². The molecule has 1 saturated heterocycles. The molecule has 0 aromatic heterocycles. The number of fused-ring (bicyclic) bond motifs is 1. The van der Waals surface area contributed by atoms with Crippen molar-refractivity contribution in [3.8, 4) is 11.5 Å². The van der Waals surface area contributed by atoms with Crippen LogP contribution in [-0.4, -0.2) is 51.6 Å². The Morgan fingerprint density at radius 3 is 2.65 bits per heavy atom. The summed E-state index contributed by atoms with van der Waals surface area (Å²) in [7, 11) is 1.47. The summed E-state index contributed by atoms with van der Waals surface area (Å²) in [5, 5.41) is 7.93. The average Bonchev–Trinajstić information content (AvgIpc) is 3.14. The predicted octanol–water partition coefficient (Wildman–Crippen LogP) is 0.897. The van der Waals surface area contributed by atoms with E-state index in [1.165, 1.54) is 7.05 Å². The second kappa shape index (κ2) is 7.92. The SMILES string of the molecule is CNC(=O)NC(=O)[C@@H](C)NCC1(c2ccc3c(c2)OCO3)CCOCC1. The molecule has 0 spiro atoms. The second-order valence-corrected chi connectivity index (χ2v) is 6.63. The van der Waals surface area contributed by atoms with Crippen LogP contribution in [0.1, 0.15) is 25.3 Å². The van der Waals surface area contributed by atoms with Gasteiger partial charge in [0.1, 0.15) is 0 Å². The number of carbonyl (C=O) groups excluding carboxylic acids is 2. The lowest BCUT2D eigenvalue weighted by Gasteiger charge is -2.38. The predicted molar refractivity (Wildman–Crippen MR) is 94.4 cm³/mol. The summed E-state index contributed by atoms with van der Waals surface area (Å²) in [6.45, 7) is 3.90. The Labute approximate surface area is 152 Å². The number of carbonyl (C=O) groups is 2. The topological polar surface area (TPSA) is 97.9 Å². The van der Waals surface area contributed by atoms with Gasteiger partial charge in [-0.25, -0.2) is 4.79 Å².